The Kier molecular flexibility index (Phi) is 6.31. The lowest BCUT2D eigenvalue weighted by Gasteiger charge is -2.37. The molecule has 1 unspecified atom stereocenters. The number of thiophene rings is 1. The Labute approximate surface area is 176 Å². The van der Waals surface area contributed by atoms with E-state index in [1.54, 1.807) is 23.3 Å². The Morgan fingerprint density at radius 2 is 2.00 bits per heavy atom. The number of methoxy groups -OCH3 is 1. The van der Waals surface area contributed by atoms with Crippen LogP contribution in [0.3, 0.4) is 0 Å². The second kappa shape index (κ2) is 9.09. The topological polar surface area (TPSA) is 49.9 Å². The van der Waals surface area contributed by atoms with Crippen LogP contribution in [-0.4, -0.2) is 55.0 Å². The Morgan fingerprint density at radius 3 is 2.72 bits per heavy atom. The van der Waals surface area contributed by atoms with Gasteiger partial charge in [0, 0.05) is 37.6 Å². The summed E-state index contributed by atoms with van der Waals surface area (Å²) >= 11 is 1.77. The molecule has 0 saturated heterocycles. The molecule has 2 heterocycles. The van der Waals surface area contributed by atoms with E-state index < -0.39 is 0 Å². The Balaban J connectivity index is 1.54. The number of amides is 2. The quantitative estimate of drug-likeness (QED) is 0.624. The fourth-order valence-electron chi connectivity index (χ4n) is 4.09. The smallest absolute Gasteiger partial charge is 0.242 e. The number of hydrogen-bond donors (Lipinski definition) is 0. The van der Waals surface area contributed by atoms with Crippen LogP contribution in [-0.2, 0) is 20.7 Å². The molecule has 1 aromatic heterocycles. The summed E-state index contributed by atoms with van der Waals surface area (Å²) in [6.07, 6.45) is 3.52. The summed E-state index contributed by atoms with van der Waals surface area (Å²) in [5, 5.41) is 2.11. The first kappa shape index (κ1) is 20.1. The molecule has 1 aliphatic heterocycles. The number of fused-ring (bicyclic) bond motifs is 1. The zero-order valence-corrected chi connectivity index (χ0v) is 17.7. The zero-order chi connectivity index (χ0) is 20.2. The van der Waals surface area contributed by atoms with Crippen molar-refractivity contribution in [3.63, 3.8) is 0 Å². The molecule has 29 heavy (non-hydrogen) atoms. The van der Waals surface area contributed by atoms with Crippen LogP contribution in [0.1, 0.15) is 41.3 Å². The SMILES string of the molecule is COCCCN(CC(=O)N1CCc2sccc2C1c1ccccc1)C(=O)C1CC1. The lowest BCUT2D eigenvalue weighted by Crippen LogP contribution is -2.47. The molecule has 1 atom stereocenters. The highest BCUT2D eigenvalue weighted by molar-refractivity contribution is 7.10. The van der Waals surface area contributed by atoms with E-state index in [-0.39, 0.29) is 30.3 Å². The third-order valence-corrected chi connectivity index (χ3v) is 6.74. The van der Waals surface area contributed by atoms with E-state index in [1.165, 1.54) is 10.4 Å². The van der Waals surface area contributed by atoms with Crippen molar-refractivity contribution < 1.29 is 14.3 Å². The second-order valence-corrected chi connectivity index (χ2v) is 8.83. The van der Waals surface area contributed by atoms with Gasteiger partial charge >= 0.3 is 0 Å². The van der Waals surface area contributed by atoms with Crippen molar-refractivity contribution in [2.45, 2.75) is 31.7 Å². The van der Waals surface area contributed by atoms with Gasteiger partial charge in [-0.3, -0.25) is 9.59 Å². The van der Waals surface area contributed by atoms with E-state index in [2.05, 4.69) is 23.6 Å². The van der Waals surface area contributed by atoms with Gasteiger partial charge < -0.3 is 14.5 Å². The molecule has 2 aliphatic rings. The Morgan fingerprint density at radius 1 is 1.21 bits per heavy atom. The molecule has 1 fully saturated rings. The second-order valence-electron chi connectivity index (χ2n) is 7.83. The molecule has 0 spiro atoms. The van der Waals surface area contributed by atoms with Crippen LogP contribution >= 0.6 is 11.3 Å². The molecule has 2 aromatic rings. The Bertz CT molecular complexity index is 847. The first-order valence-electron chi connectivity index (χ1n) is 10.4. The predicted molar refractivity (Wildman–Crippen MR) is 114 cm³/mol. The molecule has 0 radical (unpaired) electrons. The summed E-state index contributed by atoms with van der Waals surface area (Å²) in [6, 6.07) is 12.3. The molecule has 0 N–H and O–H groups in total. The number of carbonyl (C=O) groups excluding carboxylic acids is 2. The molecule has 6 heteroatoms. The van der Waals surface area contributed by atoms with Gasteiger partial charge in [0.15, 0.2) is 0 Å². The molecular weight excluding hydrogens is 384 g/mol. The molecule has 1 aliphatic carbocycles. The summed E-state index contributed by atoms with van der Waals surface area (Å²) in [6.45, 7) is 2.01. The molecular formula is C23H28N2O3S. The normalized spacial score (nSPS) is 18.4. The van der Waals surface area contributed by atoms with E-state index in [0.717, 1.165) is 31.2 Å². The largest absolute Gasteiger partial charge is 0.385 e. The van der Waals surface area contributed by atoms with Crippen molar-refractivity contribution in [2.24, 2.45) is 5.92 Å². The summed E-state index contributed by atoms with van der Waals surface area (Å²) in [4.78, 5) is 31.2. The van der Waals surface area contributed by atoms with Crippen LogP contribution < -0.4 is 0 Å². The van der Waals surface area contributed by atoms with Gasteiger partial charge in [-0.05, 0) is 48.3 Å². The van der Waals surface area contributed by atoms with Crippen molar-refractivity contribution in [1.82, 2.24) is 9.80 Å². The van der Waals surface area contributed by atoms with E-state index >= 15 is 0 Å². The number of rotatable bonds is 8. The Hall–Kier alpha value is -2.18. The average Bonchev–Trinajstić information content (AvgIpc) is 3.49. The third kappa shape index (κ3) is 4.54. The highest BCUT2D eigenvalue weighted by Gasteiger charge is 2.37. The van der Waals surface area contributed by atoms with Crippen molar-refractivity contribution in [3.05, 3.63) is 57.8 Å². The first-order chi connectivity index (χ1) is 14.2. The van der Waals surface area contributed by atoms with Crippen LogP contribution in [0.5, 0.6) is 0 Å². The van der Waals surface area contributed by atoms with E-state index in [9.17, 15) is 9.59 Å². The van der Waals surface area contributed by atoms with Crippen molar-refractivity contribution in [2.75, 3.05) is 33.4 Å². The van der Waals surface area contributed by atoms with E-state index in [0.29, 0.717) is 19.7 Å². The molecule has 1 saturated carbocycles. The number of hydrogen-bond acceptors (Lipinski definition) is 4. The van der Waals surface area contributed by atoms with Gasteiger partial charge in [-0.15, -0.1) is 11.3 Å². The minimum Gasteiger partial charge on any atom is -0.385 e. The summed E-state index contributed by atoms with van der Waals surface area (Å²) < 4.78 is 5.14. The maximum Gasteiger partial charge on any atom is 0.242 e. The lowest BCUT2D eigenvalue weighted by molar-refractivity contribution is -0.142. The van der Waals surface area contributed by atoms with Gasteiger partial charge in [-0.2, -0.15) is 0 Å². The summed E-state index contributed by atoms with van der Waals surface area (Å²) in [5.41, 5.74) is 2.35. The van der Waals surface area contributed by atoms with E-state index in [4.69, 9.17) is 4.74 Å². The van der Waals surface area contributed by atoms with Crippen molar-refractivity contribution in [1.29, 1.82) is 0 Å². The van der Waals surface area contributed by atoms with Gasteiger partial charge in [-0.25, -0.2) is 0 Å². The molecule has 4 rings (SSSR count). The predicted octanol–water partition coefficient (Wildman–Crippen LogP) is 3.50. The van der Waals surface area contributed by atoms with Crippen molar-refractivity contribution in [3.8, 4) is 0 Å². The standard InChI is InChI=1S/C23H28N2O3S/c1-28-14-5-12-24(23(27)18-8-9-18)16-21(26)25-13-10-20-19(11-15-29-20)22(25)17-6-3-2-4-7-17/h2-4,6-7,11,15,18,22H,5,8-10,12-14,16H2,1H3. The monoisotopic (exact) mass is 412 g/mol. The average molecular weight is 413 g/mol. The van der Waals surface area contributed by atoms with Gasteiger partial charge in [0.25, 0.3) is 0 Å². The molecule has 1 aromatic carbocycles. The van der Waals surface area contributed by atoms with Crippen LogP contribution in [0.4, 0.5) is 0 Å². The summed E-state index contributed by atoms with van der Waals surface area (Å²) in [7, 11) is 1.66. The third-order valence-electron chi connectivity index (χ3n) is 5.74. The first-order valence-corrected chi connectivity index (χ1v) is 11.3. The minimum absolute atomic E-state index is 0.0297. The van der Waals surface area contributed by atoms with Gasteiger partial charge in [-0.1, -0.05) is 30.3 Å². The highest BCUT2D eigenvalue weighted by atomic mass is 32.1. The molecule has 5 nitrogen and oxygen atoms in total. The molecule has 2 amide bonds. The lowest BCUT2D eigenvalue weighted by atomic mass is 9.93. The summed E-state index contributed by atoms with van der Waals surface area (Å²) in [5.74, 6) is 0.265. The maximum absolute atomic E-state index is 13.4. The number of nitrogens with zero attached hydrogens (tertiary/aromatic N) is 2. The number of carbonyl (C=O) groups is 2. The van der Waals surface area contributed by atoms with Gasteiger partial charge in [0.05, 0.1) is 12.6 Å². The van der Waals surface area contributed by atoms with Gasteiger partial charge in [0.2, 0.25) is 11.8 Å². The van der Waals surface area contributed by atoms with Crippen LogP contribution in [0.25, 0.3) is 0 Å². The van der Waals surface area contributed by atoms with Crippen LogP contribution in [0.2, 0.25) is 0 Å². The zero-order valence-electron chi connectivity index (χ0n) is 16.9. The van der Waals surface area contributed by atoms with Gasteiger partial charge in [0.1, 0.15) is 0 Å². The van der Waals surface area contributed by atoms with E-state index in [1.807, 2.05) is 23.1 Å². The maximum atomic E-state index is 13.4. The van der Waals surface area contributed by atoms with Crippen LogP contribution in [0.15, 0.2) is 41.8 Å². The number of ether oxygens (including phenoxy) is 1. The highest BCUT2D eigenvalue weighted by Crippen LogP contribution is 2.38. The molecule has 0 bridgehead atoms. The number of benzene rings is 1. The minimum atomic E-state index is -0.0736. The fourth-order valence-corrected chi connectivity index (χ4v) is 4.99. The fraction of sp³-hybridized carbons (Fsp3) is 0.478. The van der Waals surface area contributed by atoms with Crippen LogP contribution in [0, 0.1) is 5.92 Å². The van der Waals surface area contributed by atoms with Crippen molar-refractivity contribution >= 4 is 23.2 Å². The molecule has 154 valence electrons.